The molecule has 1 amide bonds. The zero-order chi connectivity index (χ0) is 16.1. The van der Waals surface area contributed by atoms with Crippen LogP contribution in [-0.4, -0.2) is 70.4 Å². The monoisotopic (exact) mass is 308 g/mol. The molecule has 1 N–H and O–H groups in total. The van der Waals surface area contributed by atoms with Gasteiger partial charge in [0.2, 0.25) is 5.91 Å². The molecule has 0 unspecified atom stereocenters. The first-order chi connectivity index (χ1) is 10.5. The lowest BCUT2D eigenvalue weighted by Gasteiger charge is -2.22. The summed E-state index contributed by atoms with van der Waals surface area (Å²) in [5, 5.41) is 13.8. The molecule has 0 aromatic carbocycles. The number of carbonyl (C=O) groups is 1. The van der Waals surface area contributed by atoms with Gasteiger partial charge < -0.3 is 14.9 Å². The molecule has 1 aliphatic rings. The van der Waals surface area contributed by atoms with Crippen molar-refractivity contribution in [3.63, 3.8) is 0 Å². The van der Waals surface area contributed by atoms with E-state index in [0.29, 0.717) is 25.4 Å². The van der Waals surface area contributed by atoms with E-state index in [1.165, 1.54) is 0 Å². The van der Waals surface area contributed by atoms with Gasteiger partial charge in [-0.3, -0.25) is 9.48 Å². The van der Waals surface area contributed by atoms with Crippen molar-refractivity contribution in [2.24, 2.45) is 11.8 Å². The van der Waals surface area contributed by atoms with Gasteiger partial charge in [0.1, 0.15) is 0 Å². The van der Waals surface area contributed by atoms with Gasteiger partial charge in [-0.05, 0) is 32.0 Å². The molecule has 1 aromatic rings. The lowest BCUT2D eigenvalue weighted by atomic mass is 9.96. The number of aryl methyl sites for hydroxylation is 2. The van der Waals surface area contributed by atoms with E-state index >= 15 is 0 Å². The minimum absolute atomic E-state index is 0.157. The van der Waals surface area contributed by atoms with E-state index in [0.717, 1.165) is 25.2 Å². The molecular weight excluding hydrogens is 280 g/mol. The summed E-state index contributed by atoms with van der Waals surface area (Å²) < 4.78 is 1.81. The van der Waals surface area contributed by atoms with Gasteiger partial charge in [-0.2, -0.15) is 5.10 Å². The Kier molecular flexibility index (Phi) is 5.97. The molecule has 6 heteroatoms. The van der Waals surface area contributed by atoms with Crippen LogP contribution in [0.1, 0.15) is 18.9 Å². The van der Waals surface area contributed by atoms with Crippen molar-refractivity contribution >= 4 is 5.91 Å². The van der Waals surface area contributed by atoms with Crippen LogP contribution in [0.25, 0.3) is 0 Å². The normalized spacial score (nSPS) is 21.8. The fourth-order valence-electron chi connectivity index (χ4n) is 3.04. The Morgan fingerprint density at radius 1 is 1.45 bits per heavy atom. The van der Waals surface area contributed by atoms with Gasteiger partial charge in [0, 0.05) is 51.3 Å². The molecule has 1 saturated heterocycles. The standard InChI is InChI=1S/C16H28N4O2/c1-4-18(3)9-14-10-19(11-15(14)12-21)16(22)5-6-20-8-13(2)7-17-20/h7-8,14-15,21H,4-6,9-12H2,1-3H3/t14-,15-/m1/s1. The highest BCUT2D eigenvalue weighted by atomic mass is 16.3. The molecule has 0 radical (unpaired) electrons. The van der Waals surface area contributed by atoms with Gasteiger partial charge in [0.15, 0.2) is 0 Å². The quantitative estimate of drug-likeness (QED) is 0.801. The van der Waals surface area contributed by atoms with Crippen LogP contribution >= 0.6 is 0 Å². The van der Waals surface area contributed by atoms with E-state index < -0.39 is 0 Å². The first kappa shape index (κ1) is 17.0. The minimum atomic E-state index is 0.157. The summed E-state index contributed by atoms with van der Waals surface area (Å²) in [7, 11) is 2.08. The summed E-state index contributed by atoms with van der Waals surface area (Å²) in [6.07, 6.45) is 4.22. The fourth-order valence-corrected chi connectivity index (χ4v) is 3.04. The molecule has 0 bridgehead atoms. The number of rotatable bonds is 7. The molecule has 2 atom stereocenters. The van der Waals surface area contributed by atoms with Crippen molar-refractivity contribution in [3.8, 4) is 0 Å². The molecular formula is C16H28N4O2. The van der Waals surface area contributed by atoms with Crippen molar-refractivity contribution in [1.29, 1.82) is 0 Å². The highest BCUT2D eigenvalue weighted by Gasteiger charge is 2.34. The van der Waals surface area contributed by atoms with Crippen LogP contribution in [0.15, 0.2) is 12.4 Å². The summed E-state index contributed by atoms with van der Waals surface area (Å²) >= 11 is 0. The molecule has 1 aromatic heterocycles. The van der Waals surface area contributed by atoms with Gasteiger partial charge >= 0.3 is 0 Å². The molecule has 1 aliphatic heterocycles. The summed E-state index contributed by atoms with van der Waals surface area (Å²) in [5.74, 6) is 0.726. The number of carbonyl (C=O) groups excluding carboxylic acids is 1. The summed E-state index contributed by atoms with van der Waals surface area (Å²) in [5.41, 5.74) is 1.11. The molecule has 2 heterocycles. The topological polar surface area (TPSA) is 61.6 Å². The Morgan fingerprint density at radius 2 is 2.18 bits per heavy atom. The zero-order valence-electron chi connectivity index (χ0n) is 13.9. The Bertz CT molecular complexity index is 488. The highest BCUT2D eigenvalue weighted by molar-refractivity contribution is 5.76. The van der Waals surface area contributed by atoms with E-state index in [-0.39, 0.29) is 18.4 Å². The molecule has 0 aliphatic carbocycles. The second kappa shape index (κ2) is 7.74. The predicted molar refractivity (Wildman–Crippen MR) is 85.4 cm³/mol. The number of aliphatic hydroxyl groups excluding tert-OH is 1. The number of hydrogen-bond acceptors (Lipinski definition) is 4. The molecule has 6 nitrogen and oxygen atoms in total. The Hall–Kier alpha value is -1.40. The third-order valence-electron chi connectivity index (χ3n) is 4.57. The van der Waals surface area contributed by atoms with E-state index in [9.17, 15) is 9.90 Å². The number of nitrogens with zero attached hydrogens (tertiary/aromatic N) is 4. The third-order valence-corrected chi connectivity index (χ3v) is 4.57. The fraction of sp³-hybridized carbons (Fsp3) is 0.750. The average molecular weight is 308 g/mol. The lowest BCUT2D eigenvalue weighted by molar-refractivity contribution is -0.130. The number of likely N-dealkylation sites (tertiary alicyclic amines) is 1. The second-order valence-electron chi connectivity index (χ2n) is 6.39. The van der Waals surface area contributed by atoms with Crippen molar-refractivity contribution in [2.75, 3.05) is 39.8 Å². The Labute approximate surface area is 132 Å². The van der Waals surface area contributed by atoms with Crippen LogP contribution in [0, 0.1) is 18.8 Å². The molecule has 1 fully saturated rings. The number of amides is 1. The van der Waals surface area contributed by atoms with Gasteiger partial charge in [-0.15, -0.1) is 0 Å². The van der Waals surface area contributed by atoms with Crippen molar-refractivity contribution < 1.29 is 9.90 Å². The van der Waals surface area contributed by atoms with Crippen LogP contribution < -0.4 is 0 Å². The van der Waals surface area contributed by atoms with E-state index in [1.54, 1.807) is 6.20 Å². The summed E-state index contributed by atoms with van der Waals surface area (Å²) in [6, 6.07) is 0. The Morgan fingerprint density at radius 3 is 2.77 bits per heavy atom. The molecule has 124 valence electrons. The van der Waals surface area contributed by atoms with Gasteiger partial charge in [-0.25, -0.2) is 0 Å². The maximum absolute atomic E-state index is 12.4. The molecule has 2 rings (SSSR count). The maximum Gasteiger partial charge on any atom is 0.224 e. The van der Waals surface area contributed by atoms with Crippen molar-refractivity contribution in [3.05, 3.63) is 18.0 Å². The molecule has 0 saturated carbocycles. The first-order valence-electron chi connectivity index (χ1n) is 8.09. The maximum atomic E-state index is 12.4. The SMILES string of the molecule is CCN(C)C[C@@H]1CN(C(=O)CCn2cc(C)cn2)C[C@@H]1CO. The van der Waals surface area contributed by atoms with Crippen LogP contribution in [0.4, 0.5) is 0 Å². The third kappa shape index (κ3) is 4.30. The largest absolute Gasteiger partial charge is 0.396 e. The van der Waals surface area contributed by atoms with Crippen molar-refractivity contribution in [2.45, 2.75) is 26.8 Å². The van der Waals surface area contributed by atoms with Crippen LogP contribution in [-0.2, 0) is 11.3 Å². The van der Waals surface area contributed by atoms with E-state index in [4.69, 9.17) is 0 Å². The number of aromatic nitrogens is 2. The van der Waals surface area contributed by atoms with Crippen LogP contribution in [0.2, 0.25) is 0 Å². The van der Waals surface area contributed by atoms with Crippen LogP contribution in [0.3, 0.4) is 0 Å². The molecule has 22 heavy (non-hydrogen) atoms. The van der Waals surface area contributed by atoms with E-state index in [1.807, 2.05) is 22.7 Å². The average Bonchev–Trinajstić information content (AvgIpc) is 3.10. The van der Waals surface area contributed by atoms with Gasteiger partial charge in [-0.1, -0.05) is 6.92 Å². The van der Waals surface area contributed by atoms with Crippen LogP contribution in [0.5, 0.6) is 0 Å². The first-order valence-corrected chi connectivity index (χ1v) is 8.09. The second-order valence-corrected chi connectivity index (χ2v) is 6.39. The predicted octanol–water partition coefficient (Wildman–Crippen LogP) is 0.600. The summed E-state index contributed by atoms with van der Waals surface area (Å²) in [6.45, 7) is 8.24. The number of hydrogen-bond donors (Lipinski definition) is 1. The zero-order valence-corrected chi connectivity index (χ0v) is 13.9. The van der Waals surface area contributed by atoms with Gasteiger partial charge in [0.05, 0.1) is 6.20 Å². The van der Waals surface area contributed by atoms with Crippen molar-refractivity contribution in [1.82, 2.24) is 19.6 Å². The molecule has 0 spiro atoms. The Balaban J connectivity index is 1.85. The highest BCUT2D eigenvalue weighted by Crippen LogP contribution is 2.24. The smallest absolute Gasteiger partial charge is 0.224 e. The van der Waals surface area contributed by atoms with Gasteiger partial charge in [0.25, 0.3) is 0 Å². The lowest BCUT2D eigenvalue weighted by Crippen LogP contribution is -2.32. The summed E-state index contributed by atoms with van der Waals surface area (Å²) in [4.78, 5) is 16.5. The minimum Gasteiger partial charge on any atom is -0.396 e. The van der Waals surface area contributed by atoms with E-state index in [2.05, 4.69) is 24.0 Å². The number of aliphatic hydroxyl groups is 1.